The van der Waals surface area contributed by atoms with E-state index in [1.54, 1.807) is 7.05 Å². The van der Waals surface area contributed by atoms with Crippen molar-refractivity contribution in [3.63, 3.8) is 0 Å². The van der Waals surface area contributed by atoms with Crippen LogP contribution in [0.25, 0.3) is 0 Å². The van der Waals surface area contributed by atoms with E-state index in [2.05, 4.69) is 15.6 Å². The summed E-state index contributed by atoms with van der Waals surface area (Å²) in [4.78, 5) is 25.7. The third kappa shape index (κ3) is 8.21. The van der Waals surface area contributed by atoms with Gasteiger partial charge in [-0.2, -0.15) is 0 Å². The van der Waals surface area contributed by atoms with Gasteiger partial charge in [0, 0.05) is 13.6 Å². The van der Waals surface area contributed by atoms with Gasteiger partial charge in [-0.05, 0) is 19.8 Å². The second kappa shape index (κ2) is 8.51. The number of nitrogens with zero attached hydrogens (tertiary/aromatic N) is 1. The summed E-state index contributed by atoms with van der Waals surface area (Å²) in [6.45, 7) is 2.04. The first kappa shape index (κ1) is 15.4. The first-order chi connectivity index (χ1) is 7.97. The Morgan fingerprint density at radius 1 is 1.35 bits per heavy atom. The standard InChI is InChI=1S/C10H21N5O2/c1-7(16)6-15-9(17)8(11)4-3-5-14-10(12)13-2/h8H,3-6,11H2,1-2H3,(H,15,17)(H3,12,13,14). The van der Waals surface area contributed by atoms with Gasteiger partial charge in [0.1, 0.15) is 5.78 Å². The van der Waals surface area contributed by atoms with Crippen molar-refractivity contribution >= 4 is 17.6 Å². The molecule has 98 valence electrons. The van der Waals surface area contributed by atoms with Crippen molar-refractivity contribution in [3.8, 4) is 0 Å². The number of amides is 1. The molecule has 0 heterocycles. The van der Waals surface area contributed by atoms with Crippen molar-refractivity contribution in [2.45, 2.75) is 25.8 Å². The number of hydrogen-bond acceptors (Lipinski definition) is 4. The summed E-state index contributed by atoms with van der Waals surface area (Å²) in [6.07, 6.45) is 1.22. The summed E-state index contributed by atoms with van der Waals surface area (Å²) < 4.78 is 0. The van der Waals surface area contributed by atoms with Crippen LogP contribution < -0.4 is 22.1 Å². The zero-order chi connectivity index (χ0) is 13.3. The summed E-state index contributed by atoms with van der Waals surface area (Å²) >= 11 is 0. The summed E-state index contributed by atoms with van der Waals surface area (Å²) in [7, 11) is 1.59. The van der Waals surface area contributed by atoms with Gasteiger partial charge in [0.25, 0.3) is 0 Å². The van der Waals surface area contributed by atoms with E-state index in [0.717, 1.165) is 0 Å². The van der Waals surface area contributed by atoms with Crippen molar-refractivity contribution < 1.29 is 9.59 Å². The Hall–Kier alpha value is -1.63. The lowest BCUT2D eigenvalue weighted by molar-refractivity contribution is -0.125. The second-order valence-corrected chi connectivity index (χ2v) is 3.70. The Labute approximate surface area is 101 Å². The Morgan fingerprint density at radius 2 is 2.00 bits per heavy atom. The molecule has 1 unspecified atom stereocenters. The van der Waals surface area contributed by atoms with Crippen LogP contribution in [-0.2, 0) is 9.59 Å². The van der Waals surface area contributed by atoms with Crippen molar-refractivity contribution in [3.05, 3.63) is 0 Å². The summed E-state index contributed by atoms with van der Waals surface area (Å²) in [5.74, 6) is -0.0453. The highest BCUT2D eigenvalue weighted by molar-refractivity contribution is 5.87. The molecule has 0 saturated heterocycles. The molecule has 0 radical (unpaired) electrons. The van der Waals surface area contributed by atoms with E-state index in [9.17, 15) is 9.59 Å². The van der Waals surface area contributed by atoms with Gasteiger partial charge in [0.2, 0.25) is 5.91 Å². The molecule has 0 aliphatic carbocycles. The molecule has 7 heteroatoms. The maximum absolute atomic E-state index is 11.4. The number of rotatable bonds is 7. The second-order valence-electron chi connectivity index (χ2n) is 3.70. The lowest BCUT2D eigenvalue weighted by atomic mass is 10.1. The van der Waals surface area contributed by atoms with Crippen LogP contribution in [0.3, 0.4) is 0 Å². The molecule has 0 fully saturated rings. The van der Waals surface area contributed by atoms with E-state index in [4.69, 9.17) is 11.5 Å². The van der Waals surface area contributed by atoms with Crippen LogP contribution in [0, 0.1) is 0 Å². The van der Waals surface area contributed by atoms with Gasteiger partial charge in [0.05, 0.1) is 12.6 Å². The fourth-order valence-corrected chi connectivity index (χ4v) is 1.09. The van der Waals surface area contributed by atoms with Gasteiger partial charge in [-0.15, -0.1) is 0 Å². The SMILES string of the molecule is CN=C(N)NCCCC(N)C(=O)NCC(C)=O. The summed E-state index contributed by atoms with van der Waals surface area (Å²) in [5, 5.41) is 5.32. The molecular formula is C10H21N5O2. The van der Waals surface area contributed by atoms with Crippen LogP contribution in [0.15, 0.2) is 4.99 Å². The summed E-state index contributed by atoms with van der Waals surface area (Å²) in [6, 6.07) is -0.601. The van der Waals surface area contributed by atoms with Crippen molar-refractivity contribution in [2.75, 3.05) is 20.1 Å². The largest absolute Gasteiger partial charge is 0.370 e. The van der Waals surface area contributed by atoms with Crippen LogP contribution in [0.2, 0.25) is 0 Å². The smallest absolute Gasteiger partial charge is 0.237 e. The molecule has 0 aliphatic rings. The Bertz CT molecular complexity index is 290. The van der Waals surface area contributed by atoms with Crippen LogP contribution >= 0.6 is 0 Å². The minimum Gasteiger partial charge on any atom is -0.370 e. The third-order valence-corrected chi connectivity index (χ3v) is 2.09. The van der Waals surface area contributed by atoms with Gasteiger partial charge in [0.15, 0.2) is 5.96 Å². The predicted octanol–water partition coefficient (Wildman–Crippen LogP) is -1.67. The molecule has 0 aromatic rings. The van der Waals surface area contributed by atoms with E-state index in [0.29, 0.717) is 25.3 Å². The highest BCUT2D eigenvalue weighted by atomic mass is 16.2. The highest BCUT2D eigenvalue weighted by Crippen LogP contribution is 1.93. The molecule has 0 aromatic carbocycles. The van der Waals surface area contributed by atoms with E-state index >= 15 is 0 Å². The number of hydrogen-bond donors (Lipinski definition) is 4. The minimum atomic E-state index is -0.601. The van der Waals surface area contributed by atoms with Gasteiger partial charge in [-0.3, -0.25) is 14.6 Å². The molecule has 17 heavy (non-hydrogen) atoms. The highest BCUT2D eigenvalue weighted by Gasteiger charge is 2.12. The van der Waals surface area contributed by atoms with Crippen molar-refractivity contribution in [2.24, 2.45) is 16.5 Å². The quantitative estimate of drug-likeness (QED) is 0.242. The Balaban J connectivity index is 3.67. The number of carbonyl (C=O) groups is 2. The number of nitrogens with one attached hydrogen (secondary N) is 2. The molecule has 0 aliphatic heterocycles. The molecule has 7 nitrogen and oxygen atoms in total. The zero-order valence-electron chi connectivity index (χ0n) is 10.3. The predicted molar refractivity (Wildman–Crippen MR) is 66.4 cm³/mol. The molecule has 1 atom stereocenters. The zero-order valence-corrected chi connectivity index (χ0v) is 10.3. The topological polar surface area (TPSA) is 123 Å². The van der Waals surface area contributed by atoms with Gasteiger partial charge in [-0.1, -0.05) is 0 Å². The van der Waals surface area contributed by atoms with Crippen molar-refractivity contribution in [1.82, 2.24) is 10.6 Å². The molecule has 0 rings (SSSR count). The minimum absolute atomic E-state index is 0.0280. The van der Waals surface area contributed by atoms with Crippen LogP contribution in [0.5, 0.6) is 0 Å². The normalized spacial score (nSPS) is 13.0. The van der Waals surface area contributed by atoms with Gasteiger partial charge >= 0.3 is 0 Å². The Kier molecular flexibility index (Phi) is 7.70. The number of ketones is 1. The Morgan fingerprint density at radius 3 is 2.53 bits per heavy atom. The monoisotopic (exact) mass is 243 g/mol. The molecule has 0 saturated carbocycles. The molecule has 1 amide bonds. The average Bonchev–Trinajstić information content (AvgIpc) is 2.30. The van der Waals surface area contributed by atoms with Crippen LogP contribution in [0.4, 0.5) is 0 Å². The third-order valence-electron chi connectivity index (χ3n) is 2.09. The fourth-order valence-electron chi connectivity index (χ4n) is 1.09. The van der Waals surface area contributed by atoms with Gasteiger partial charge < -0.3 is 22.1 Å². The average molecular weight is 243 g/mol. The van der Waals surface area contributed by atoms with E-state index < -0.39 is 6.04 Å². The van der Waals surface area contributed by atoms with E-state index in [-0.39, 0.29) is 18.2 Å². The van der Waals surface area contributed by atoms with Gasteiger partial charge in [-0.25, -0.2) is 0 Å². The fraction of sp³-hybridized carbons (Fsp3) is 0.700. The number of nitrogens with two attached hydrogens (primary N) is 2. The summed E-state index contributed by atoms with van der Waals surface area (Å²) in [5.41, 5.74) is 11.1. The molecule has 6 N–H and O–H groups in total. The maximum Gasteiger partial charge on any atom is 0.237 e. The molecule has 0 bridgehead atoms. The number of carbonyl (C=O) groups excluding carboxylic acids is 2. The lowest BCUT2D eigenvalue weighted by Gasteiger charge is -2.11. The number of aliphatic imine (C=N–C) groups is 1. The van der Waals surface area contributed by atoms with Crippen molar-refractivity contribution in [1.29, 1.82) is 0 Å². The van der Waals surface area contributed by atoms with E-state index in [1.165, 1.54) is 6.92 Å². The number of Topliss-reactive ketones (excluding diaryl/α,β-unsaturated/α-hetero) is 1. The molecule has 0 spiro atoms. The molecular weight excluding hydrogens is 222 g/mol. The first-order valence-electron chi connectivity index (χ1n) is 5.46. The first-order valence-corrected chi connectivity index (χ1v) is 5.46. The maximum atomic E-state index is 11.4. The lowest BCUT2D eigenvalue weighted by Crippen LogP contribution is -2.42. The van der Waals surface area contributed by atoms with E-state index in [1.807, 2.05) is 0 Å². The van der Waals surface area contributed by atoms with Crippen LogP contribution in [-0.4, -0.2) is 43.8 Å². The molecule has 0 aromatic heterocycles. The number of guanidine groups is 1. The van der Waals surface area contributed by atoms with Crippen LogP contribution in [0.1, 0.15) is 19.8 Å².